The lowest BCUT2D eigenvalue weighted by atomic mass is 10.1. The number of nitrogens with one attached hydrogen (secondary N) is 1. The van der Waals surface area contributed by atoms with E-state index in [1.54, 1.807) is 7.11 Å². The van der Waals surface area contributed by atoms with Crippen LogP contribution in [0.25, 0.3) is 0 Å². The van der Waals surface area contributed by atoms with Crippen molar-refractivity contribution in [3.63, 3.8) is 0 Å². The summed E-state index contributed by atoms with van der Waals surface area (Å²) in [5, 5.41) is 3.48. The fourth-order valence-electron chi connectivity index (χ4n) is 1.67. The van der Waals surface area contributed by atoms with E-state index in [-0.39, 0.29) is 1.43 Å². The number of allylic oxidation sites excluding steroid dienone is 3. The molecular formula is C13H23NO. The smallest absolute Gasteiger partial charge is 0.115 e. The zero-order valence-corrected chi connectivity index (χ0v) is 10.1. The highest BCUT2D eigenvalue weighted by molar-refractivity contribution is 5.34. The molecule has 0 aromatic carbocycles. The van der Waals surface area contributed by atoms with Crippen molar-refractivity contribution in [2.24, 2.45) is 0 Å². The lowest BCUT2D eigenvalue weighted by Gasteiger charge is -2.18. The first-order valence-corrected chi connectivity index (χ1v) is 5.51. The Hall–Kier alpha value is -1.02. The number of methoxy groups -OCH3 is 1. The zero-order valence-electron chi connectivity index (χ0n) is 10.1. The van der Waals surface area contributed by atoms with Gasteiger partial charge in [0.25, 0.3) is 0 Å². The van der Waals surface area contributed by atoms with Gasteiger partial charge in [-0.1, -0.05) is 26.0 Å². The molecular weight excluding hydrogens is 186 g/mol. The monoisotopic (exact) mass is 209 g/mol. The van der Waals surface area contributed by atoms with Gasteiger partial charge in [-0.25, -0.2) is 0 Å². The van der Waals surface area contributed by atoms with Crippen LogP contribution in [0, 0.1) is 0 Å². The molecule has 1 aliphatic carbocycles. The second-order valence-corrected chi connectivity index (χ2v) is 4.14. The van der Waals surface area contributed by atoms with Gasteiger partial charge in [-0.05, 0) is 31.1 Å². The number of rotatable bonds is 4. The average molecular weight is 209 g/mol. The number of hydrogen-bond acceptors (Lipinski definition) is 2. The van der Waals surface area contributed by atoms with Gasteiger partial charge in [0, 0.05) is 13.5 Å². The molecule has 2 nitrogen and oxygen atoms in total. The van der Waals surface area contributed by atoms with Crippen LogP contribution in [-0.4, -0.2) is 19.2 Å². The summed E-state index contributed by atoms with van der Waals surface area (Å²) in [4.78, 5) is 0. The fraction of sp³-hybridized carbons (Fsp3) is 0.538. The van der Waals surface area contributed by atoms with E-state index in [0.717, 1.165) is 12.2 Å². The van der Waals surface area contributed by atoms with Crippen LogP contribution in [0.4, 0.5) is 0 Å². The van der Waals surface area contributed by atoms with Crippen LogP contribution in [0.15, 0.2) is 35.6 Å². The minimum atomic E-state index is 0. The Labute approximate surface area is 94.2 Å². The first-order valence-electron chi connectivity index (χ1n) is 5.51. The summed E-state index contributed by atoms with van der Waals surface area (Å²) in [6.07, 6.45) is 9.46. The van der Waals surface area contributed by atoms with Crippen LogP contribution in [0.3, 0.4) is 0 Å². The first-order chi connectivity index (χ1) is 7.13. The third-order valence-corrected chi connectivity index (χ3v) is 2.39. The van der Waals surface area contributed by atoms with Crippen molar-refractivity contribution in [2.45, 2.75) is 39.3 Å². The summed E-state index contributed by atoms with van der Waals surface area (Å²) in [6, 6.07) is 0.852. The third kappa shape index (κ3) is 3.92. The lowest BCUT2D eigenvalue weighted by molar-refractivity contribution is 0.305. The Bertz CT molecular complexity index is 292. The van der Waals surface area contributed by atoms with Crippen LogP contribution in [-0.2, 0) is 4.74 Å². The largest absolute Gasteiger partial charge is 0.497 e. The predicted molar refractivity (Wildman–Crippen MR) is 66.8 cm³/mol. The van der Waals surface area contributed by atoms with Crippen molar-refractivity contribution in [1.29, 1.82) is 0 Å². The van der Waals surface area contributed by atoms with Gasteiger partial charge in [0.05, 0.1) is 7.11 Å². The van der Waals surface area contributed by atoms with Crippen LogP contribution in [0.2, 0.25) is 0 Å². The van der Waals surface area contributed by atoms with Gasteiger partial charge < -0.3 is 10.1 Å². The maximum Gasteiger partial charge on any atom is 0.115 e. The normalized spacial score (nSPS) is 18.2. The summed E-state index contributed by atoms with van der Waals surface area (Å²) in [7, 11) is 1.71. The molecule has 0 spiro atoms. The van der Waals surface area contributed by atoms with Crippen molar-refractivity contribution in [2.75, 3.05) is 7.11 Å². The van der Waals surface area contributed by atoms with Crippen molar-refractivity contribution < 1.29 is 6.16 Å². The summed E-state index contributed by atoms with van der Waals surface area (Å²) >= 11 is 0. The maximum atomic E-state index is 5.27. The molecule has 0 radical (unpaired) electrons. The van der Waals surface area contributed by atoms with E-state index in [2.05, 4.69) is 50.4 Å². The van der Waals surface area contributed by atoms with Crippen LogP contribution in [0.1, 0.15) is 28.6 Å². The molecule has 0 saturated heterocycles. The van der Waals surface area contributed by atoms with Crippen molar-refractivity contribution in [3.8, 4) is 0 Å². The van der Waals surface area contributed by atoms with Gasteiger partial charge in [0.2, 0.25) is 0 Å². The third-order valence-electron chi connectivity index (χ3n) is 2.39. The highest BCUT2D eigenvalue weighted by atomic mass is 16.5. The van der Waals surface area contributed by atoms with Gasteiger partial charge >= 0.3 is 0 Å². The Morgan fingerprint density at radius 3 is 2.73 bits per heavy atom. The Morgan fingerprint density at radius 2 is 2.13 bits per heavy atom. The quantitative estimate of drug-likeness (QED) is 0.768. The van der Waals surface area contributed by atoms with Gasteiger partial charge in [0.1, 0.15) is 5.76 Å². The first kappa shape index (κ1) is 12.1. The van der Waals surface area contributed by atoms with Crippen molar-refractivity contribution in [3.05, 3.63) is 35.6 Å². The van der Waals surface area contributed by atoms with Gasteiger partial charge in [-0.2, -0.15) is 0 Å². The van der Waals surface area contributed by atoms with Crippen LogP contribution in [0.5, 0.6) is 0 Å². The van der Waals surface area contributed by atoms with Crippen LogP contribution < -0.4 is 5.32 Å². The maximum absolute atomic E-state index is 5.27. The van der Waals surface area contributed by atoms with Crippen LogP contribution >= 0.6 is 0 Å². The molecule has 0 aliphatic heterocycles. The van der Waals surface area contributed by atoms with Crippen molar-refractivity contribution >= 4 is 0 Å². The summed E-state index contributed by atoms with van der Waals surface area (Å²) < 4.78 is 5.27. The van der Waals surface area contributed by atoms with Crippen molar-refractivity contribution in [1.82, 2.24) is 5.32 Å². The molecule has 0 aromatic rings. The van der Waals surface area contributed by atoms with E-state index < -0.39 is 0 Å². The average Bonchev–Trinajstić information content (AvgIpc) is 2.41. The van der Waals surface area contributed by atoms with E-state index in [1.807, 2.05) is 0 Å². The molecule has 1 aliphatic rings. The summed E-state index contributed by atoms with van der Waals surface area (Å²) in [5.74, 6) is 0.951. The van der Waals surface area contributed by atoms with Gasteiger partial charge in [0.15, 0.2) is 0 Å². The second-order valence-electron chi connectivity index (χ2n) is 4.14. The molecule has 1 rings (SSSR count). The molecule has 0 fully saturated rings. The molecule has 86 valence electrons. The Kier molecular flexibility index (Phi) is 4.63. The lowest BCUT2D eigenvalue weighted by Crippen LogP contribution is -2.33. The van der Waals surface area contributed by atoms with Gasteiger partial charge in [-0.15, -0.1) is 0 Å². The SMILES string of the molecule is COC1=CCC=CC([C@H](C)NC(C)C)=C1.[HH]. The minimum Gasteiger partial charge on any atom is -0.497 e. The molecule has 0 heterocycles. The molecule has 1 N–H and O–H groups in total. The highest BCUT2D eigenvalue weighted by Crippen LogP contribution is 2.14. The molecule has 1 atom stereocenters. The van der Waals surface area contributed by atoms with E-state index in [1.165, 1.54) is 5.57 Å². The Morgan fingerprint density at radius 1 is 1.40 bits per heavy atom. The summed E-state index contributed by atoms with van der Waals surface area (Å²) in [6.45, 7) is 6.49. The highest BCUT2D eigenvalue weighted by Gasteiger charge is 2.09. The van der Waals surface area contributed by atoms with E-state index in [9.17, 15) is 0 Å². The molecule has 0 saturated carbocycles. The van der Waals surface area contributed by atoms with E-state index in [4.69, 9.17) is 4.74 Å². The summed E-state index contributed by atoms with van der Waals surface area (Å²) in [5.41, 5.74) is 1.27. The molecule has 2 heteroatoms. The fourth-order valence-corrected chi connectivity index (χ4v) is 1.67. The molecule has 0 bridgehead atoms. The topological polar surface area (TPSA) is 21.3 Å². The minimum absolute atomic E-state index is 0. The molecule has 0 aromatic heterocycles. The molecule has 15 heavy (non-hydrogen) atoms. The predicted octanol–water partition coefficient (Wildman–Crippen LogP) is 3.04. The molecule has 0 amide bonds. The van der Waals surface area contributed by atoms with E-state index >= 15 is 0 Å². The number of ether oxygens (including phenoxy) is 1. The molecule has 0 unspecified atom stereocenters. The van der Waals surface area contributed by atoms with E-state index in [0.29, 0.717) is 12.1 Å². The standard InChI is InChI=1S/C13H21NO.H2/c1-10(2)14-11(3)12-7-5-6-8-13(9-12)15-4;/h5,7-11,14H,6H2,1-4H3;1H/t11-;/m0./s1. The Balaban J connectivity index is 0.00000225. The zero-order chi connectivity index (χ0) is 11.3. The number of hydrogen-bond donors (Lipinski definition) is 1. The van der Waals surface area contributed by atoms with Gasteiger partial charge in [-0.3, -0.25) is 0 Å². The second kappa shape index (κ2) is 5.76.